The van der Waals surface area contributed by atoms with Crippen LogP contribution in [0.25, 0.3) is 66.1 Å². The van der Waals surface area contributed by atoms with Gasteiger partial charge in [0.15, 0.2) is 11.5 Å². The number of furan rings is 1. The molecular formula is C71H46N2O2. The number of hydrogen-bond acceptors (Lipinski definition) is 4. The largest absolute Gasteiger partial charge is 0.455 e. The van der Waals surface area contributed by atoms with Crippen LogP contribution >= 0.6 is 0 Å². The van der Waals surface area contributed by atoms with Crippen LogP contribution in [0.5, 0.6) is 11.5 Å². The fraction of sp³-hybridized carbons (Fsp3) is 0.0141. The molecule has 4 heteroatoms. The molecular weight excluding hydrogens is 913 g/mol. The third kappa shape index (κ3) is 6.56. The van der Waals surface area contributed by atoms with Gasteiger partial charge >= 0.3 is 0 Å². The summed E-state index contributed by atoms with van der Waals surface area (Å²) in [5.41, 5.74) is 18.8. The van der Waals surface area contributed by atoms with Crippen molar-refractivity contribution in [3.8, 4) is 44.9 Å². The lowest BCUT2D eigenvalue weighted by Gasteiger charge is -2.35. The summed E-state index contributed by atoms with van der Waals surface area (Å²) in [6.07, 6.45) is 0. The number of hydrogen-bond donors (Lipinski definition) is 0. The SMILES string of the molecule is c1ccc(N(c2ccccc2)c2cccc3c2Oc2c(N(c4ccc(-c5cccc6c5oc5ccccc56)cc4)c4ccc5c(c4)C(c4ccccc4)(c4ccccc4)c4ccccc4-5)ccc4cccc-3c24)cc1. The van der Waals surface area contributed by atoms with Crippen LogP contribution in [-0.4, -0.2) is 0 Å². The molecule has 2 heterocycles. The zero-order chi connectivity index (χ0) is 49.5. The van der Waals surface area contributed by atoms with E-state index >= 15 is 0 Å². The van der Waals surface area contributed by atoms with E-state index in [1.54, 1.807) is 0 Å². The summed E-state index contributed by atoms with van der Waals surface area (Å²) >= 11 is 0. The first-order valence-corrected chi connectivity index (χ1v) is 25.7. The lowest BCUT2D eigenvalue weighted by atomic mass is 9.67. The van der Waals surface area contributed by atoms with Gasteiger partial charge in [-0.15, -0.1) is 0 Å². The zero-order valence-electron chi connectivity index (χ0n) is 40.8. The van der Waals surface area contributed by atoms with Crippen LogP contribution in [0.15, 0.2) is 283 Å². The van der Waals surface area contributed by atoms with Crippen molar-refractivity contribution in [1.29, 1.82) is 0 Å². The number of fused-ring (bicyclic) bond motifs is 8. The first kappa shape index (κ1) is 42.8. The topological polar surface area (TPSA) is 28.9 Å². The van der Waals surface area contributed by atoms with Gasteiger partial charge in [-0.1, -0.05) is 212 Å². The molecule has 0 saturated carbocycles. The van der Waals surface area contributed by atoms with Gasteiger partial charge in [-0.3, -0.25) is 0 Å². The second-order valence-electron chi connectivity index (χ2n) is 19.5. The predicted octanol–water partition coefficient (Wildman–Crippen LogP) is 19.5. The van der Waals surface area contributed by atoms with Crippen molar-refractivity contribution in [3.63, 3.8) is 0 Å². The maximum Gasteiger partial charge on any atom is 0.160 e. The molecule has 75 heavy (non-hydrogen) atoms. The molecule has 1 aromatic heterocycles. The lowest BCUT2D eigenvalue weighted by molar-refractivity contribution is 0.489. The lowest BCUT2D eigenvalue weighted by Crippen LogP contribution is -2.28. The third-order valence-corrected chi connectivity index (χ3v) is 15.5. The maximum atomic E-state index is 7.66. The Bertz CT molecular complexity index is 4240. The van der Waals surface area contributed by atoms with E-state index in [1.165, 1.54) is 33.4 Å². The summed E-state index contributed by atoms with van der Waals surface area (Å²) in [4.78, 5) is 4.71. The molecule has 13 aromatic rings. The van der Waals surface area contributed by atoms with Crippen molar-refractivity contribution in [2.45, 2.75) is 5.41 Å². The Kier molecular flexibility index (Phi) is 9.76. The summed E-state index contributed by atoms with van der Waals surface area (Å²) in [7, 11) is 0. The Balaban J connectivity index is 0.974. The first-order valence-electron chi connectivity index (χ1n) is 25.7. The van der Waals surface area contributed by atoms with E-state index in [1.807, 2.05) is 12.1 Å². The molecule has 0 spiro atoms. The van der Waals surface area contributed by atoms with Crippen LogP contribution in [0, 0.1) is 0 Å². The molecule has 4 nitrogen and oxygen atoms in total. The van der Waals surface area contributed by atoms with Crippen LogP contribution < -0.4 is 14.5 Å². The average molecular weight is 959 g/mol. The van der Waals surface area contributed by atoms with Gasteiger partial charge in [-0.05, 0) is 117 Å². The number of para-hydroxylation sites is 5. The number of ether oxygens (including phenoxy) is 1. The van der Waals surface area contributed by atoms with Gasteiger partial charge in [0.05, 0.1) is 16.8 Å². The minimum atomic E-state index is -0.598. The van der Waals surface area contributed by atoms with Crippen molar-refractivity contribution in [2.24, 2.45) is 0 Å². The van der Waals surface area contributed by atoms with Crippen molar-refractivity contribution in [2.75, 3.05) is 9.80 Å². The Morgan fingerprint density at radius 1 is 0.320 bits per heavy atom. The highest BCUT2D eigenvalue weighted by molar-refractivity contribution is 6.11. The minimum Gasteiger partial charge on any atom is -0.455 e. The number of anilines is 6. The molecule has 0 bridgehead atoms. The van der Waals surface area contributed by atoms with Crippen molar-refractivity contribution in [3.05, 3.63) is 301 Å². The standard InChI is InChI=1S/C71H46N2O2/c1-5-21-49(22-6-1)71(50-23-7-2-8-24-50)62-35-15-13-29-56(62)57-44-43-54(46-63(57)71)73(53-41-38-47(39-42-53)55-31-18-33-60-58-30-14-16-37-66(58)74-68(55)60)65-45-40-48-20-17-32-59-61-34-19-36-64(69(61)75-70(65)67(48)59)72(51-25-9-3-10-26-51)52-27-11-4-12-28-52/h1-46H. The second-order valence-corrected chi connectivity index (χ2v) is 19.5. The number of benzene rings is 12. The van der Waals surface area contributed by atoms with Crippen LogP contribution in [-0.2, 0) is 5.41 Å². The molecule has 0 saturated heterocycles. The van der Waals surface area contributed by atoms with Crippen LogP contribution in [0.3, 0.4) is 0 Å². The molecule has 0 radical (unpaired) electrons. The van der Waals surface area contributed by atoms with Crippen LogP contribution in [0.2, 0.25) is 0 Å². The van der Waals surface area contributed by atoms with Gasteiger partial charge in [-0.2, -0.15) is 0 Å². The Morgan fingerprint density at radius 2 is 0.853 bits per heavy atom. The van der Waals surface area contributed by atoms with Gasteiger partial charge in [0.25, 0.3) is 0 Å². The number of rotatable bonds is 9. The second kappa shape index (κ2) is 17.1. The fourth-order valence-corrected chi connectivity index (χ4v) is 12.3. The van der Waals surface area contributed by atoms with Gasteiger partial charge in [-0.25, -0.2) is 0 Å². The molecule has 15 rings (SSSR count). The highest BCUT2D eigenvalue weighted by Gasteiger charge is 2.46. The van der Waals surface area contributed by atoms with Gasteiger partial charge < -0.3 is 19.0 Å². The van der Waals surface area contributed by atoms with Crippen molar-refractivity contribution in [1.82, 2.24) is 0 Å². The minimum absolute atomic E-state index is 0.598. The number of nitrogens with zero attached hydrogens (tertiary/aromatic N) is 2. The monoisotopic (exact) mass is 958 g/mol. The van der Waals surface area contributed by atoms with Crippen molar-refractivity contribution < 1.29 is 9.15 Å². The van der Waals surface area contributed by atoms with E-state index in [9.17, 15) is 0 Å². The summed E-state index contributed by atoms with van der Waals surface area (Å²) in [5, 5.41) is 4.40. The van der Waals surface area contributed by atoms with Gasteiger partial charge in [0, 0.05) is 50.0 Å². The van der Waals surface area contributed by atoms with Crippen molar-refractivity contribution >= 4 is 66.8 Å². The summed E-state index contributed by atoms with van der Waals surface area (Å²) in [6.45, 7) is 0. The van der Waals surface area contributed by atoms with Gasteiger partial charge in [0.1, 0.15) is 11.2 Å². The average Bonchev–Trinajstić information content (AvgIpc) is 4.13. The molecule has 0 unspecified atom stereocenters. The smallest absolute Gasteiger partial charge is 0.160 e. The zero-order valence-corrected chi connectivity index (χ0v) is 40.8. The summed E-state index contributed by atoms with van der Waals surface area (Å²) in [6, 6.07) is 101. The Hall–Kier alpha value is -9.90. The predicted molar refractivity (Wildman–Crippen MR) is 309 cm³/mol. The third-order valence-electron chi connectivity index (χ3n) is 15.5. The molecule has 352 valence electrons. The maximum absolute atomic E-state index is 7.66. The molecule has 1 aliphatic heterocycles. The van der Waals surface area contributed by atoms with Crippen LogP contribution in [0.4, 0.5) is 34.1 Å². The quantitative estimate of drug-likeness (QED) is 0.144. The molecule has 0 atom stereocenters. The molecule has 0 fully saturated rings. The van der Waals surface area contributed by atoms with E-state index in [-0.39, 0.29) is 0 Å². The Morgan fingerprint density at radius 3 is 1.60 bits per heavy atom. The molecule has 12 aromatic carbocycles. The summed E-state index contributed by atoms with van der Waals surface area (Å²) < 4.78 is 14.2. The normalized spacial score (nSPS) is 12.7. The van der Waals surface area contributed by atoms with Gasteiger partial charge in [0.2, 0.25) is 0 Å². The highest BCUT2D eigenvalue weighted by Crippen LogP contribution is 2.60. The van der Waals surface area contributed by atoms with E-state index in [4.69, 9.17) is 9.15 Å². The van der Waals surface area contributed by atoms with E-state index in [0.29, 0.717) is 0 Å². The molecule has 2 aliphatic rings. The first-order chi connectivity index (χ1) is 37.2. The van der Waals surface area contributed by atoms with E-state index in [2.05, 4.69) is 277 Å². The fourth-order valence-electron chi connectivity index (χ4n) is 12.3. The molecule has 1 aliphatic carbocycles. The molecule has 0 amide bonds. The summed E-state index contributed by atoms with van der Waals surface area (Å²) in [5.74, 6) is 1.59. The van der Waals surface area contributed by atoms with Crippen LogP contribution in [0.1, 0.15) is 22.3 Å². The van der Waals surface area contributed by atoms with E-state index in [0.717, 1.165) is 101 Å². The Labute approximate surface area is 435 Å². The van der Waals surface area contributed by atoms with E-state index < -0.39 is 5.41 Å². The molecule has 0 N–H and O–H groups in total. The highest BCUT2D eigenvalue weighted by atomic mass is 16.5.